The summed E-state index contributed by atoms with van der Waals surface area (Å²) in [5, 5.41) is 2.15. The molecule has 0 heterocycles. The highest BCUT2D eigenvalue weighted by Gasteiger charge is 2.29. The topological polar surface area (TPSA) is 66.5 Å². The zero-order valence-corrected chi connectivity index (χ0v) is 17.9. The average molecular weight is 445 g/mol. The monoisotopic (exact) mass is 444 g/mol. The number of para-hydroxylation sites is 2. The first-order chi connectivity index (χ1) is 14.7. The summed E-state index contributed by atoms with van der Waals surface area (Å²) in [7, 11) is -4.13. The molecule has 0 aliphatic rings. The number of benzene rings is 3. The Labute approximate surface area is 180 Å². The number of nitrogens with zero attached hydrogens (tertiary/aromatic N) is 1. The number of hydrogen-bond donors (Lipinski definition) is 1. The number of aryl methyl sites for hydroxylation is 2. The van der Waals surface area contributed by atoms with E-state index in [9.17, 15) is 22.0 Å². The summed E-state index contributed by atoms with van der Waals surface area (Å²) in [6, 6.07) is 16.2. The number of carbonyl (C=O) groups is 1. The maximum Gasteiger partial charge on any atom is 0.264 e. The molecular formula is C23H22F2N2O3S. The maximum absolute atomic E-state index is 13.9. The summed E-state index contributed by atoms with van der Waals surface area (Å²) in [6.07, 6.45) is 0.527. The van der Waals surface area contributed by atoms with Crippen molar-refractivity contribution in [2.45, 2.75) is 25.2 Å². The second kappa shape index (κ2) is 9.26. The highest BCUT2D eigenvalue weighted by atomic mass is 32.2. The molecule has 1 amide bonds. The predicted molar refractivity (Wildman–Crippen MR) is 117 cm³/mol. The first kappa shape index (κ1) is 22.4. The van der Waals surface area contributed by atoms with Crippen LogP contribution in [0.5, 0.6) is 0 Å². The van der Waals surface area contributed by atoms with Crippen LogP contribution in [0.3, 0.4) is 0 Å². The van der Waals surface area contributed by atoms with Crippen molar-refractivity contribution in [3.63, 3.8) is 0 Å². The van der Waals surface area contributed by atoms with E-state index in [0.29, 0.717) is 17.7 Å². The van der Waals surface area contributed by atoms with Gasteiger partial charge in [0.1, 0.15) is 23.9 Å². The standard InChI is InChI=1S/C23H22F2N2O3S/c1-3-17-7-4-5-10-21(17)27(31(29,30)18-13-11-16(2)12-14-18)15-22(28)26-23-19(24)8-6-9-20(23)25/h4-14H,3,15H2,1-2H3,(H,26,28). The molecule has 0 bridgehead atoms. The van der Waals surface area contributed by atoms with Crippen LogP contribution in [0.15, 0.2) is 71.6 Å². The summed E-state index contributed by atoms with van der Waals surface area (Å²) in [5.41, 5.74) is 1.30. The summed E-state index contributed by atoms with van der Waals surface area (Å²) in [4.78, 5) is 12.7. The van der Waals surface area contributed by atoms with Gasteiger partial charge in [-0.3, -0.25) is 9.10 Å². The van der Waals surface area contributed by atoms with E-state index in [-0.39, 0.29) is 4.90 Å². The zero-order valence-electron chi connectivity index (χ0n) is 17.1. The first-order valence-corrected chi connectivity index (χ1v) is 11.1. The lowest BCUT2D eigenvalue weighted by molar-refractivity contribution is -0.114. The summed E-state index contributed by atoms with van der Waals surface area (Å²) in [6.45, 7) is 3.04. The van der Waals surface area contributed by atoms with Crippen molar-refractivity contribution < 1.29 is 22.0 Å². The summed E-state index contributed by atoms with van der Waals surface area (Å²) >= 11 is 0. The Morgan fingerprint density at radius 2 is 1.55 bits per heavy atom. The molecule has 0 fully saturated rings. The van der Waals surface area contributed by atoms with Crippen LogP contribution < -0.4 is 9.62 Å². The van der Waals surface area contributed by atoms with E-state index in [2.05, 4.69) is 5.32 Å². The normalized spacial score (nSPS) is 11.2. The molecular weight excluding hydrogens is 422 g/mol. The van der Waals surface area contributed by atoms with Crippen molar-refractivity contribution in [3.8, 4) is 0 Å². The third-order valence-electron chi connectivity index (χ3n) is 4.76. The number of anilines is 2. The van der Waals surface area contributed by atoms with Crippen LogP contribution in [0.25, 0.3) is 0 Å². The van der Waals surface area contributed by atoms with E-state index in [1.807, 2.05) is 13.8 Å². The van der Waals surface area contributed by atoms with Crippen LogP contribution in [0.1, 0.15) is 18.1 Å². The van der Waals surface area contributed by atoms with Crippen LogP contribution in [-0.4, -0.2) is 20.9 Å². The van der Waals surface area contributed by atoms with Crippen molar-refractivity contribution in [3.05, 3.63) is 89.5 Å². The zero-order chi connectivity index (χ0) is 22.6. The van der Waals surface area contributed by atoms with Gasteiger partial charge in [0, 0.05) is 0 Å². The number of amides is 1. The molecule has 3 aromatic rings. The minimum Gasteiger partial charge on any atom is -0.320 e. The van der Waals surface area contributed by atoms with Gasteiger partial charge in [-0.1, -0.05) is 48.9 Å². The molecule has 31 heavy (non-hydrogen) atoms. The van der Waals surface area contributed by atoms with E-state index >= 15 is 0 Å². The van der Waals surface area contributed by atoms with Gasteiger partial charge in [-0.05, 0) is 49.2 Å². The highest BCUT2D eigenvalue weighted by Crippen LogP contribution is 2.28. The molecule has 3 rings (SSSR count). The molecule has 0 aliphatic carbocycles. The third kappa shape index (κ3) is 4.91. The molecule has 0 spiro atoms. The van der Waals surface area contributed by atoms with Gasteiger partial charge in [-0.15, -0.1) is 0 Å². The van der Waals surface area contributed by atoms with Gasteiger partial charge in [0.25, 0.3) is 10.0 Å². The van der Waals surface area contributed by atoms with Gasteiger partial charge in [-0.25, -0.2) is 17.2 Å². The quantitative estimate of drug-likeness (QED) is 0.576. The molecule has 3 aromatic carbocycles. The minimum absolute atomic E-state index is 0.00822. The Morgan fingerprint density at radius 1 is 0.935 bits per heavy atom. The molecule has 0 unspecified atom stereocenters. The van der Waals surface area contributed by atoms with E-state index in [0.717, 1.165) is 22.0 Å². The lowest BCUT2D eigenvalue weighted by Gasteiger charge is -2.26. The van der Waals surface area contributed by atoms with E-state index in [1.54, 1.807) is 36.4 Å². The molecule has 8 heteroatoms. The van der Waals surface area contributed by atoms with Gasteiger partial charge in [0.15, 0.2) is 0 Å². The number of hydrogen-bond acceptors (Lipinski definition) is 3. The van der Waals surface area contributed by atoms with Gasteiger partial charge >= 0.3 is 0 Å². The van der Waals surface area contributed by atoms with Crippen molar-refractivity contribution in [2.75, 3.05) is 16.2 Å². The Bertz CT molecular complexity index is 1180. The highest BCUT2D eigenvalue weighted by molar-refractivity contribution is 7.92. The number of halogens is 2. The molecule has 0 aromatic heterocycles. The molecule has 5 nitrogen and oxygen atoms in total. The molecule has 0 saturated carbocycles. The summed E-state index contributed by atoms with van der Waals surface area (Å²) < 4.78 is 55.7. The van der Waals surface area contributed by atoms with Crippen LogP contribution in [0.2, 0.25) is 0 Å². The number of rotatable bonds is 7. The molecule has 0 aliphatic heterocycles. The first-order valence-electron chi connectivity index (χ1n) is 9.65. The van der Waals surface area contributed by atoms with Crippen molar-refractivity contribution in [1.29, 1.82) is 0 Å². The number of nitrogens with one attached hydrogen (secondary N) is 1. The molecule has 0 atom stereocenters. The van der Waals surface area contributed by atoms with Crippen molar-refractivity contribution in [2.24, 2.45) is 0 Å². The second-order valence-electron chi connectivity index (χ2n) is 6.95. The molecule has 0 radical (unpaired) electrons. The van der Waals surface area contributed by atoms with E-state index < -0.39 is 39.8 Å². The Hall–Kier alpha value is -3.26. The van der Waals surface area contributed by atoms with E-state index in [4.69, 9.17) is 0 Å². The Kier molecular flexibility index (Phi) is 6.70. The van der Waals surface area contributed by atoms with Crippen LogP contribution in [0, 0.1) is 18.6 Å². The van der Waals surface area contributed by atoms with Crippen molar-refractivity contribution >= 4 is 27.3 Å². The number of sulfonamides is 1. The average Bonchev–Trinajstić information content (AvgIpc) is 2.75. The lowest BCUT2D eigenvalue weighted by atomic mass is 10.1. The van der Waals surface area contributed by atoms with Crippen LogP contribution in [-0.2, 0) is 21.2 Å². The smallest absolute Gasteiger partial charge is 0.264 e. The van der Waals surface area contributed by atoms with Gasteiger partial charge in [0.05, 0.1) is 10.6 Å². The fourth-order valence-electron chi connectivity index (χ4n) is 3.12. The maximum atomic E-state index is 13.9. The third-order valence-corrected chi connectivity index (χ3v) is 6.54. The fraction of sp³-hybridized carbons (Fsp3) is 0.174. The SMILES string of the molecule is CCc1ccccc1N(CC(=O)Nc1c(F)cccc1F)S(=O)(=O)c1ccc(C)cc1. The van der Waals surface area contributed by atoms with Gasteiger partial charge in [-0.2, -0.15) is 0 Å². The lowest BCUT2D eigenvalue weighted by Crippen LogP contribution is -2.39. The second-order valence-corrected chi connectivity index (χ2v) is 8.81. The summed E-state index contributed by atoms with van der Waals surface area (Å²) in [5.74, 6) is -2.77. The van der Waals surface area contributed by atoms with E-state index in [1.165, 1.54) is 18.2 Å². The van der Waals surface area contributed by atoms with Gasteiger partial charge in [0.2, 0.25) is 5.91 Å². The minimum atomic E-state index is -4.13. The molecule has 162 valence electrons. The van der Waals surface area contributed by atoms with Gasteiger partial charge < -0.3 is 5.32 Å². The molecule has 0 saturated heterocycles. The predicted octanol–water partition coefficient (Wildman–Crippen LogP) is 4.67. The van der Waals surface area contributed by atoms with Crippen LogP contribution in [0.4, 0.5) is 20.2 Å². The number of carbonyl (C=O) groups excluding carboxylic acids is 1. The Balaban J connectivity index is 2.02. The van der Waals surface area contributed by atoms with Crippen molar-refractivity contribution in [1.82, 2.24) is 0 Å². The fourth-order valence-corrected chi connectivity index (χ4v) is 4.58. The van der Waals surface area contributed by atoms with Crippen LogP contribution >= 0.6 is 0 Å². The largest absolute Gasteiger partial charge is 0.320 e. The molecule has 1 N–H and O–H groups in total. The Morgan fingerprint density at radius 3 is 2.16 bits per heavy atom.